The van der Waals surface area contributed by atoms with Gasteiger partial charge in [-0.2, -0.15) is 0 Å². The van der Waals surface area contributed by atoms with E-state index in [1.807, 2.05) is 6.07 Å². The lowest BCUT2D eigenvalue weighted by Gasteiger charge is -2.29. The first-order chi connectivity index (χ1) is 16.1. The van der Waals surface area contributed by atoms with Gasteiger partial charge >= 0.3 is 0 Å². The van der Waals surface area contributed by atoms with Crippen molar-refractivity contribution in [3.63, 3.8) is 0 Å². The molecule has 3 fully saturated rings. The number of ether oxygens (including phenoxy) is 4. The number of rotatable bonds is 4. The summed E-state index contributed by atoms with van der Waals surface area (Å²) in [7, 11) is 0. The summed E-state index contributed by atoms with van der Waals surface area (Å²) in [6, 6.07) is 8.56. The van der Waals surface area contributed by atoms with Gasteiger partial charge in [0.05, 0.1) is 48.2 Å². The minimum Gasteiger partial charge on any atom is -0.470 e. The molecule has 3 aliphatic heterocycles. The van der Waals surface area contributed by atoms with E-state index in [0.29, 0.717) is 53.0 Å². The van der Waals surface area contributed by atoms with Crippen molar-refractivity contribution >= 4 is 28.3 Å². The SMILES string of the molecule is O[C@@H]1CO[C@H]2[C@@H]1OC[C@H]2Oc1cc2nc(-c3ccc(N4CCOCC4)cc3F)c(Cl)cc2[nH]1. The molecule has 2 aromatic heterocycles. The molecule has 2 N–H and O–H groups in total. The fraction of sp³-hybridized carbons (Fsp3) is 0.435. The first kappa shape index (κ1) is 21.1. The van der Waals surface area contributed by atoms with Gasteiger partial charge in [0, 0.05) is 30.4 Å². The number of nitrogens with zero attached hydrogens (tertiary/aromatic N) is 2. The number of pyridine rings is 1. The molecule has 33 heavy (non-hydrogen) atoms. The second-order valence-corrected chi connectivity index (χ2v) is 8.88. The molecule has 0 unspecified atom stereocenters. The van der Waals surface area contributed by atoms with Crippen LogP contribution in [-0.2, 0) is 14.2 Å². The van der Waals surface area contributed by atoms with Gasteiger partial charge in [-0.1, -0.05) is 11.6 Å². The van der Waals surface area contributed by atoms with E-state index < -0.39 is 6.10 Å². The van der Waals surface area contributed by atoms with Crippen LogP contribution in [0.15, 0.2) is 30.3 Å². The van der Waals surface area contributed by atoms with Crippen molar-refractivity contribution in [2.75, 3.05) is 44.4 Å². The molecule has 0 bridgehead atoms. The second kappa shape index (κ2) is 8.41. The van der Waals surface area contributed by atoms with Crippen molar-refractivity contribution in [3.8, 4) is 17.1 Å². The fourth-order valence-corrected chi connectivity index (χ4v) is 4.93. The highest BCUT2D eigenvalue weighted by Crippen LogP contribution is 2.35. The number of H-pyrrole nitrogens is 1. The van der Waals surface area contributed by atoms with Crippen LogP contribution in [0.25, 0.3) is 22.3 Å². The van der Waals surface area contributed by atoms with E-state index in [1.54, 1.807) is 18.2 Å². The maximum atomic E-state index is 15.1. The standard InChI is InChI=1S/C23H23ClFN3O5/c24-14-8-16-17(9-20(26-16)33-19-11-32-22-18(29)10-31-23(19)22)27-21(14)13-2-1-12(7-15(13)25)28-3-5-30-6-4-28/h1-2,7-9,18-19,22-23,26,29H,3-6,10-11H2/t18-,19-,22-,23-/m1/s1. The Labute approximate surface area is 194 Å². The Morgan fingerprint density at radius 2 is 1.94 bits per heavy atom. The Balaban J connectivity index is 1.26. The molecule has 3 aliphatic rings. The minimum atomic E-state index is -0.640. The lowest BCUT2D eigenvalue weighted by molar-refractivity contribution is 0.00794. The number of anilines is 1. The Bertz CT molecular complexity index is 1180. The Morgan fingerprint density at radius 3 is 2.76 bits per heavy atom. The zero-order chi connectivity index (χ0) is 22.5. The van der Waals surface area contributed by atoms with E-state index >= 15 is 4.39 Å². The molecule has 174 valence electrons. The largest absolute Gasteiger partial charge is 0.470 e. The highest BCUT2D eigenvalue weighted by molar-refractivity contribution is 6.33. The van der Waals surface area contributed by atoms with Crippen molar-refractivity contribution < 1.29 is 28.4 Å². The maximum Gasteiger partial charge on any atom is 0.193 e. The predicted molar refractivity (Wildman–Crippen MR) is 119 cm³/mol. The summed E-state index contributed by atoms with van der Waals surface area (Å²) in [5.41, 5.74) is 2.79. The Kier molecular flexibility index (Phi) is 5.38. The van der Waals surface area contributed by atoms with Crippen molar-refractivity contribution in [1.82, 2.24) is 9.97 Å². The van der Waals surface area contributed by atoms with Gasteiger partial charge in [-0.05, 0) is 24.3 Å². The summed E-state index contributed by atoms with van der Waals surface area (Å²) < 4.78 is 37.7. The summed E-state index contributed by atoms with van der Waals surface area (Å²) in [4.78, 5) is 9.84. The van der Waals surface area contributed by atoms with Crippen LogP contribution in [-0.4, -0.2) is 79.0 Å². The van der Waals surface area contributed by atoms with E-state index in [0.717, 1.165) is 18.8 Å². The van der Waals surface area contributed by atoms with Crippen LogP contribution in [0.4, 0.5) is 10.1 Å². The Hall–Kier alpha value is -2.43. The summed E-state index contributed by atoms with van der Waals surface area (Å²) >= 11 is 6.48. The van der Waals surface area contributed by atoms with E-state index in [9.17, 15) is 5.11 Å². The minimum absolute atomic E-state index is 0.234. The van der Waals surface area contributed by atoms with Gasteiger partial charge in [0.15, 0.2) is 12.0 Å². The number of aliphatic hydroxyl groups excluding tert-OH is 1. The average Bonchev–Trinajstić information content (AvgIpc) is 3.51. The normalized spacial score (nSPS) is 27.3. The number of aromatic amines is 1. The Morgan fingerprint density at radius 1 is 1.12 bits per heavy atom. The third-order valence-corrected chi connectivity index (χ3v) is 6.66. The van der Waals surface area contributed by atoms with E-state index in [1.165, 1.54) is 6.07 Å². The molecule has 0 saturated carbocycles. The van der Waals surface area contributed by atoms with Crippen molar-refractivity contribution in [2.24, 2.45) is 0 Å². The van der Waals surface area contributed by atoms with Crippen LogP contribution < -0.4 is 9.64 Å². The number of morpholine rings is 1. The monoisotopic (exact) mass is 475 g/mol. The van der Waals surface area contributed by atoms with Gasteiger partial charge in [0.2, 0.25) is 0 Å². The van der Waals surface area contributed by atoms with Crippen molar-refractivity contribution in [2.45, 2.75) is 24.4 Å². The van der Waals surface area contributed by atoms with Crippen LogP contribution in [0.5, 0.6) is 5.88 Å². The quantitative estimate of drug-likeness (QED) is 0.599. The molecule has 5 heterocycles. The molecule has 0 spiro atoms. The summed E-state index contributed by atoms with van der Waals surface area (Å²) in [6.07, 6.45) is -1.68. The number of aliphatic hydroxyl groups is 1. The van der Waals surface area contributed by atoms with E-state index in [4.69, 9.17) is 30.5 Å². The first-order valence-electron chi connectivity index (χ1n) is 11.0. The smallest absolute Gasteiger partial charge is 0.193 e. The number of fused-ring (bicyclic) bond motifs is 2. The number of hydrogen-bond donors (Lipinski definition) is 2. The number of nitrogens with one attached hydrogen (secondary N) is 1. The maximum absolute atomic E-state index is 15.1. The third-order valence-electron chi connectivity index (χ3n) is 6.38. The first-order valence-corrected chi connectivity index (χ1v) is 11.3. The van der Waals surface area contributed by atoms with Crippen molar-refractivity contribution in [3.05, 3.63) is 41.2 Å². The van der Waals surface area contributed by atoms with Gasteiger partial charge in [0.1, 0.15) is 24.1 Å². The molecule has 6 rings (SSSR count). The van der Waals surface area contributed by atoms with E-state index in [2.05, 4.69) is 14.9 Å². The topological polar surface area (TPSA) is 89.1 Å². The molecule has 8 nitrogen and oxygen atoms in total. The molecule has 4 atom stereocenters. The van der Waals surface area contributed by atoms with Crippen LogP contribution in [0, 0.1) is 5.82 Å². The van der Waals surface area contributed by atoms with Gasteiger partial charge in [-0.15, -0.1) is 0 Å². The molecule has 1 aromatic carbocycles. The zero-order valence-electron chi connectivity index (χ0n) is 17.7. The predicted octanol–water partition coefficient (Wildman–Crippen LogP) is 2.76. The van der Waals surface area contributed by atoms with E-state index in [-0.39, 0.29) is 30.7 Å². The fourth-order valence-electron chi connectivity index (χ4n) is 4.68. The van der Waals surface area contributed by atoms with Crippen LogP contribution in [0.3, 0.4) is 0 Å². The average molecular weight is 476 g/mol. The molecule has 10 heteroatoms. The molecule has 0 aliphatic carbocycles. The molecule has 0 radical (unpaired) electrons. The summed E-state index contributed by atoms with van der Waals surface area (Å²) in [6.45, 7) is 3.28. The highest BCUT2D eigenvalue weighted by atomic mass is 35.5. The number of benzene rings is 1. The number of aromatic nitrogens is 2. The summed E-state index contributed by atoms with van der Waals surface area (Å²) in [5, 5.41) is 10.2. The lowest BCUT2D eigenvalue weighted by atomic mass is 10.1. The molecule has 0 amide bonds. The highest BCUT2D eigenvalue weighted by Gasteiger charge is 2.48. The van der Waals surface area contributed by atoms with Crippen LogP contribution in [0.1, 0.15) is 0 Å². The zero-order valence-corrected chi connectivity index (χ0v) is 18.4. The van der Waals surface area contributed by atoms with Crippen LogP contribution in [0.2, 0.25) is 5.02 Å². The van der Waals surface area contributed by atoms with Crippen LogP contribution >= 0.6 is 11.6 Å². The second-order valence-electron chi connectivity index (χ2n) is 8.47. The van der Waals surface area contributed by atoms with Gasteiger partial charge in [-0.25, -0.2) is 9.37 Å². The van der Waals surface area contributed by atoms with Gasteiger partial charge < -0.3 is 33.9 Å². The lowest BCUT2D eigenvalue weighted by Crippen LogP contribution is -2.36. The molecule has 3 aromatic rings. The summed E-state index contributed by atoms with van der Waals surface area (Å²) in [5.74, 6) is 0.0962. The third kappa shape index (κ3) is 3.83. The number of halogens is 2. The van der Waals surface area contributed by atoms with Gasteiger partial charge in [0.25, 0.3) is 0 Å². The van der Waals surface area contributed by atoms with Crippen molar-refractivity contribution in [1.29, 1.82) is 0 Å². The molecule has 3 saturated heterocycles. The molecular weight excluding hydrogens is 453 g/mol. The molecular formula is C23H23ClFN3O5. The number of hydrogen-bond acceptors (Lipinski definition) is 7. The van der Waals surface area contributed by atoms with Gasteiger partial charge in [-0.3, -0.25) is 0 Å².